The fraction of sp³-hybridized carbons (Fsp3) is 0.0526. The fourth-order valence-corrected chi connectivity index (χ4v) is 2.16. The Morgan fingerprint density at radius 3 is 2.32 bits per heavy atom. The molecule has 2 aromatic rings. The first kappa shape index (κ1) is 13.1. The Labute approximate surface area is 115 Å². The zero-order chi connectivity index (χ0) is 13.7. The summed E-state index contributed by atoms with van der Waals surface area (Å²) in [5.41, 5.74) is 5.97. The van der Waals surface area contributed by atoms with Crippen molar-refractivity contribution in [2.45, 2.75) is 6.92 Å². The second kappa shape index (κ2) is 6.01. The quantitative estimate of drug-likeness (QED) is 0.632. The van der Waals surface area contributed by atoms with Gasteiger partial charge in [-0.05, 0) is 40.8 Å². The van der Waals surface area contributed by atoms with E-state index in [2.05, 4.69) is 62.5 Å². The number of benzene rings is 2. The molecule has 0 amide bonds. The van der Waals surface area contributed by atoms with Crippen molar-refractivity contribution in [1.29, 1.82) is 0 Å². The van der Waals surface area contributed by atoms with Gasteiger partial charge in [0.05, 0.1) is 0 Å². The van der Waals surface area contributed by atoms with Crippen molar-refractivity contribution in [3.05, 3.63) is 91.0 Å². The number of rotatable bonds is 4. The Morgan fingerprint density at radius 1 is 0.947 bits per heavy atom. The van der Waals surface area contributed by atoms with Crippen molar-refractivity contribution in [2.75, 3.05) is 0 Å². The maximum Gasteiger partial charge on any atom is -0.0175 e. The van der Waals surface area contributed by atoms with Gasteiger partial charge in [-0.2, -0.15) is 0 Å². The molecule has 0 saturated heterocycles. The van der Waals surface area contributed by atoms with Gasteiger partial charge in [0.15, 0.2) is 0 Å². The van der Waals surface area contributed by atoms with Crippen LogP contribution in [0.4, 0.5) is 0 Å². The van der Waals surface area contributed by atoms with E-state index in [9.17, 15) is 0 Å². The van der Waals surface area contributed by atoms with Crippen molar-refractivity contribution in [2.24, 2.45) is 0 Å². The maximum atomic E-state index is 3.87. The Balaban J connectivity index is 2.55. The second-order valence-corrected chi connectivity index (χ2v) is 4.52. The highest BCUT2D eigenvalue weighted by Crippen LogP contribution is 2.26. The van der Waals surface area contributed by atoms with Crippen molar-refractivity contribution < 1.29 is 0 Å². The average molecular weight is 246 g/mol. The largest absolute Gasteiger partial charge is 0.0990 e. The molecule has 2 rings (SSSR count). The van der Waals surface area contributed by atoms with Crippen LogP contribution < -0.4 is 0 Å². The molecule has 0 aliphatic heterocycles. The van der Waals surface area contributed by atoms with Crippen LogP contribution >= 0.6 is 0 Å². The molecule has 0 bridgehead atoms. The molecular weight excluding hydrogens is 228 g/mol. The van der Waals surface area contributed by atoms with Crippen LogP contribution in [0.2, 0.25) is 0 Å². The van der Waals surface area contributed by atoms with Crippen molar-refractivity contribution >= 4 is 5.57 Å². The van der Waals surface area contributed by atoms with Gasteiger partial charge in [0.1, 0.15) is 0 Å². The standard InChI is InChI=1S/C19H18/c1-4-9-16(5-2)18-12-15(3)13-19(14-18)17-10-7-6-8-11-17/h4-14H,1-2H2,3H3. The molecule has 0 aliphatic carbocycles. The highest BCUT2D eigenvalue weighted by atomic mass is 14.1. The molecule has 0 spiro atoms. The van der Waals surface area contributed by atoms with Gasteiger partial charge < -0.3 is 0 Å². The molecule has 0 heteroatoms. The van der Waals surface area contributed by atoms with E-state index in [0.29, 0.717) is 0 Å². The smallest absolute Gasteiger partial charge is 0.0175 e. The minimum absolute atomic E-state index is 1.09. The topological polar surface area (TPSA) is 0 Å². The molecule has 19 heavy (non-hydrogen) atoms. The second-order valence-electron chi connectivity index (χ2n) is 4.52. The predicted octanol–water partition coefficient (Wildman–Crippen LogP) is 5.42. The zero-order valence-electron chi connectivity index (χ0n) is 11.3. The summed E-state index contributed by atoms with van der Waals surface area (Å²) < 4.78 is 0. The van der Waals surface area contributed by atoms with Gasteiger partial charge in [-0.25, -0.2) is 0 Å². The summed E-state index contributed by atoms with van der Waals surface area (Å²) in [6.45, 7) is 9.74. The van der Waals surface area contributed by atoms with Crippen LogP contribution in [0.25, 0.3) is 16.7 Å². The molecule has 0 aromatic heterocycles. The van der Waals surface area contributed by atoms with Gasteiger partial charge >= 0.3 is 0 Å². The minimum Gasteiger partial charge on any atom is -0.0990 e. The van der Waals surface area contributed by atoms with Crippen LogP contribution in [0.5, 0.6) is 0 Å². The monoisotopic (exact) mass is 246 g/mol. The molecule has 0 unspecified atom stereocenters. The van der Waals surface area contributed by atoms with Crippen molar-refractivity contribution in [3.63, 3.8) is 0 Å². The highest BCUT2D eigenvalue weighted by molar-refractivity contribution is 5.78. The van der Waals surface area contributed by atoms with Crippen LogP contribution in [0.15, 0.2) is 79.9 Å². The summed E-state index contributed by atoms with van der Waals surface area (Å²) in [6.07, 6.45) is 5.64. The molecular formula is C19H18. The van der Waals surface area contributed by atoms with Gasteiger partial charge in [0, 0.05) is 0 Å². The van der Waals surface area contributed by atoms with Crippen LogP contribution in [0, 0.1) is 6.92 Å². The van der Waals surface area contributed by atoms with E-state index >= 15 is 0 Å². The third-order valence-electron chi connectivity index (χ3n) is 3.04. The summed E-state index contributed by atoms with van der Waals surface area (Å²) in [4.78, 5) is 0. The predicted molar refractivity (Wildman–Crippen MR) is 85.0 cm³/mol. The Morgan fingerprint density at radius 2 is 1.68 bits per heavy atom. The molecule has 2 aromatic carbocycles. The third kappa shape index (κ3) is 3.11. The molecule has 0 heterocycles. The highest BCUT2D eigenvalue weighted by Gasteiger charge is 2.03. The van der Waals surface area contributed by atoms with E-state index in [0.717, 1.165) is 5.57 Å². The van der Waals surface area contributed by atoms with Crippen LogP contribution in [-0.2, 0) is 0 Å². The van der Waals surface area contributed by atoms with Crippen LogP contribution in [0.1, 0.15) is 11.1 Å². The first-order valence-electron chi connectivity index (χ1n) is 6.37. The lowest BCUT2D eigenvalue weighted by molar-refractivity contribution is 1.44. The normalized spacial score (nSPS) is 11.1. The summed E-state index contributed by atoms with van der Waals surface area (Å²) in [7, 11) is 0. The molecule has 0 radical (unpaired) electrons. The molecule has 0 fully saturated rings. The molecule has 0 saturated carbocycles. The molecule has 0 atom stereocenters. The van der Waals surface area contributed by atoms with E-state index in [-0.39, 0.29) is 0 Å². The minimum atomic E-state index is 1.09. The molecule has 0 N–H and O–H groups in total. The molecule has 0 nitrogen and oxygen atoms in total. The van der Waals surface area contributed by atoms with Crippen LogP contribution in [-0.4, -0.2) is 0 Å². The molecule has 0 aliphatic rings. The summed E-state index contributed by atoms with van der Waals surface area (Å²) >= 11 is 0. The number of hydrogen-bond acceptors (Lipinski definition) is 0. The van der Waals surface area contributed by atoms with E-state index in [1.165, 1.54) is 22.3 Å². The lowest BCUT2D eigenvalue weighted by atomic mass is 9.96. The van der Waals surface area contributed by atoms with E-state index in [1.54, 1.807) is 6.08 Å². The van der Waals surface area contributed by atoms with Gasteiger partial charge in [-0.3, -0.25) is 0 Å². The van der Waals surface area contributed by atoms with E-state index < -0.39 is 0 Å². The van der Waals surface area contributed by atoms with Crippen molar-refractivity contribution in [3.8, 4) is 11.1 Å². The Hall–Kier alpha value is -2.34. The van der Waals surface area contributed by atoms with Gasteiger partial charge in [0.25, 0.3) is 0 Å². The summed E-state index contributed by atoms with van der Waals surface area (Å²) in [5, 5.41) is 0. The molecule has 94 valence electrons. The van der Waals surface area contributed by atoms with E-state index in [1.807, 2.05) is 18.2 Å². The lowest BCUT2D eigenvalue weighted by Crippen LogP contribution is -1.86. The van der Waals surface area contributed by atoms with Crippen molar-refractivity contribution in [1.82, 2.24) is 0 Å². The number of hydrogen-bond donors (Lipinski definition) is 0. The Bertz CT molecular complexity index is 616. The van der Waals surface area contributed by atoms with E-state index in [4.69, 9.17) is 0 Å². The maximum absolute atomic E-state index is 3.87. The van der Waals surface area contributed by atoms with Gasteiger partial charge in [-0.15, -0.1) is 0 Å². The summed E-state index contributed by atoms with van der Waals surface area (Å²) in [6, 6.07) is 17.0. The lowest BCUT2D eigenvalue weighted by Gasteiger charge is -2.08. The fourth-order valence-electron chi connectivity index (χ4n) is 2.16. The number of aryl methyl sites for hydroxylation is 1. The van der Waals surface area contributed by atoms with Gasteiger partial charge in [-0.1, -0.05) is 73.9 Å². The Kier molecular flexibility index (Phi) is 4.15. The first-order chi connectivity index (χ1) is 9.24. The third-order valence-corrected chi connectivity index (χ3v) is 3.04. The number of allylic oxidation sites excluding steroid dienone is 4. The SMILES string of the molecule is C=CC=C(C=C)c1cc(C)cc(-c2ccccc2)c1. The first-order valence-corrected chi connectivity index (χ1v) is 6.37. The zero-order valence-corrected chi connectivity index (χ0v) is 11.3. The average Bonchev–Trinajstić information content (AvgIpc) is 2.45. The van der Waals surface area contributed by atoms with Crippen LogP contribution in [0.3, 0.4) is 0 Å². The summed E-state index contributed by atoms with van der Waals surface area (Å²) in [5.74, 6) is 0. The van der Waals surface area contributed by atoms with Gasteiger partial charge in [0.2, 0.25) is 0 Å².